The van der Waals surface area contributed by atoms with Crippen LogP contribution in [-0.4, -0.2) is 48.5 Å². The van der Waals surface area contributed by atoms with Crippen LogP contribution in [0.2, 0.25) is 0 Å². The summed E-state index contributed by atoms with van der Waals surface area (Å²) in [4.78, 5) is 21.8. The number of carbonyl (C=O) groups excluding carboxylic acids is 1. The lowest BCUT2D eigenvalue weighted by Crippen LogP contribution is -2.40. The molecule has 0 bridgehead atoms. The molecule has 0 atom stereocenters. The predicted molar refractivity (Wildman–Crippen MR) is 114 cm³/mol. The zero-order valence-corrected chi connectivity index (χ0v) is 17.1. The Hall–Kier alpha value is -2.54. The Morgan fingerprint density at radius 2 is 1.83 bits per heavy atom. The molecule has 0 aliphatic carbocycles. The topological polar surface area (TPSA) is 48.5 Å². The Kier molecular flexibility index (Phi) is 6.57. The molecule has 2 aliphatic heterocycles. The molecule has 1 amide bonds. The van der Waals surface area contributed by atoms with Gasteiger partial charge in [-0.25, -0.2) is 13.8 Å². The zero-order valence-electron chi connectivity index (χ0n) is 17.1. The van der Waals surface area contributed by atoms with Gasteiger partial charge in [0.05, 0.1) is 11.3 Å². The summed E-state index contributed by atoms with van der Waals surface area (Å²) in [7, 11) is 0. The molecule has 3 heterocycles. The highest BCUT2D eigenvalue weighted by atomic mass is 19.1. The van der Waals surface area contributed by atoms with Gasteiger partial charge in [0.2, 0.25) is 0 Å². The Bertz CT molecular complexity index is 877. The van der Waals surface area contributed by atoms with Crippen LogP contribution in [0.15, 0.2) is 36.5 Å². The summed E-state index contributed by atoms with van der Waals surface area (Å²) in [5.41, 5.74) is 0.354. The van der Waals surface area contributed by atoms with E-state index in [1.54, 1.807) is 18.3 Å². The van der Waals surface area contributed by atoms with Crippen LogP contribution >= 0.6 is 0 Å². The summed E-state index contributed by atoms with van der Waals surface area (Å²) in [5.74, 6) is -0.809. The van der Waals surface area contributed by atoms with Crippen LogP contribution in [0.4, 0.5) is 20.3 Å². The maximum Gasteiger partial charge on any atom is 0.258 e. The van der Waals surface area contributed by atoms with Crippen molar-refractivity contribution in [1.82, 2.24) is 9.88 Å². The van der Waals surface area contributed by atoms with E-state index in [-0.39, 0.29) is 5.56 Å². The average molecular weight is 415 g/mol. The number of aromatic nitrogens is 1. The number of likely N-dealkylation sites (tertiary alicyclic amines) is 1. The van der Waals surface area contributed by atoms with Crippen LogP contribution in [-0.2, 0) is 0 Å². The molecule has 7 heteroatoms. The molecular formula is C23H28F2N4O. The third-order valence-electron chi connectivity index (χ3n) is 6.09. The number of hydrogen-bond donors (Lipinski definition) is 1. The molecule has 0 spiro atoms. The number of piperidine rings is 2. The second-order valence-electron chi connectivity index (χ2n) is 8.24. The van der Waals surface area contributed by atoms with Crippen LogP contribution in [0.5, 0.6) is 0 Å². The largest absolute Gasteiger partial charge is 0.355 e. The quantitative estimate of drug-likeness (QED) is 0.792. The minimum Gasteiger partial charge on any atom is -0.355 e. The normalized spacial score (nSPS) is 18.4. The molecule has 2 fully saturated rings. The third-order valence-corrected chi connectivity index (χ3v) is 6.09. The molecule has 0 saturated carbocycles. The highest BCUT2D eigenvalue weighted by Gasteiger charge is 2.25. The maximum absolute atomic E-state index is 14.0. The first-order valence-electron chi connectivity index (χ1n) is 10.8. The minimum absolute atomic E-state index is 0.188. The van der Waals surface area contributed by atoms with Gasteiger partial charge in [-0.2, -0.15) is 0 Å². The number of anilines is 2. The Morgan fingerprint density at radius 1 is 1.07 bits per heavy atom. The fourth-order valence-corrected chi connectivity index (χ4v) is 4.44. The van der Waals surface area contributed by atoms with E-state index < -0.39 is 17.5 Å². The lowest BCUT2D eigenvalue weighted by Gasteiger charge is -2.37. The van der Waals surface area contributed by atoms with Gasteiger partial charge in [-0.05, 0) is 69.0 Å². The molecule has 0 radical (unpaired) electrons. The smallest absolute Gasteiger partial charge is 0.258 e. The minimum atomic E-state index is -0.878. The van der Waals surface area contributed by atoms with Gasteiger partial charge in [0, 0.05) is 31.9 Å². The molecule has 160 valence electrons. The van der Waals surface area contributed by atoms with E-state index in [2.05, 4.69) is 20.1 Å². The third kappa shape index (κ3) is 4.95. The van der Waals surface area contributed by atoms with Gasteiger partial charge < -0.3 is 15.1 Å². The monoisotopic (exact) mass is 414 g/mol. The fraction of sp³-hybridized carbons (Fsp3) is 0.478. The lowest BCUT2D eigenvalue weighted by atomic mass is 9.95. The van der Waals surface area contributed by atoms with Crippen molar-refractivity contribution in [1.29, 1.82) is 0 Å². The van der Waals surface area contributed by atoms with E-state index in [4.69, 9.17) is 0 Å². The molecule has 1 aromatic heterocycles. The number of nitrogens with zero attached hydrogens (tertiary/aromatic N) is 3. The first kappa shape index (κ1) is 20.7. The van der Waals surface area contributed by atoms with E-state index in [1.165, 1.54) is 38.9 Å². The molecule has 2 aromatic rings. The predicted octanol–water partition coefficient (Wildman–Crippen LogP) is 4.31. The van der Waals surface area contributed by atoms with Crippen LogP contribution in [0.1, 0.15) is 42.5 Å². The summed E-state index contributed by atoms with van der Waals surface area (Å²) in [5, 5.41) is 2.75. The number of hydrogen-bond acceptors (Lipinski definition) is 4. The molecule has 30 heavy (non-hydrogen) atoms. The molecule has 1 aromatic carbocycles. The van der Waals surface area contributed by atoms with Crippen molar-refractivity contribution in [3.8, 4) is 0 Å². The number of halogens is 2. The summed E-state index contributed by atoms with van der Waals surface area (Å²) in [6.07, 6.45) is 7.85. The highest BCUT2D eigenvalue weighted by molar-refractivity contribution is 6.05. The number of amides is 1. The molecular weight excluding hydrogens is 386 g/mol. The molecule has 2 saturated heterocycles. The van der Waals surface area contributed by atoms with Crippen LogP contribution in [0.3, 0.4) is 0 Å². The SMILES string of the molecule is O=C(Nc1cccnc1N1CCC(CN2CCCCC2)CC1)c1ccc(F)cc1F. The second-order valence-corrected chi connectivity index (χ2v) is 8.24. The van der Waals surface area contributed by atoms with Crippen molar-refractivity contribution in [3.05, 3.63) is 53.7 Å². The van der Waals surface area contributed by atoms with Gasteiger partial charge in [0.1, 0.15) is 11.6 Å². The van der Waals surface area contributed by atoms with Crippen molar-refractivity contribution in [2.45, 2.75) is 32.1 Å². The van der Waals surface area contributed by atoms with E-state index in [0.29, 0.717) is 23.5 Å². The van der Waals surface area contributed by atoms with Gasteiger partial charge in [-0.1, -0.05) is 6.42 Å². The average Bonchev–Trinajstić information content (AvgIpc) is 2.75. The molecule has 0 unspecified atom stereocenters. The van der Waals surface area contributed by atoms with Gasteiger partial charge in [-0.3, -0.25) is 4.79 Å². The molecule has 4 rings (SSSR count). The summed E-state index contributed by atoms with van der Waals surface area (Å²) < 4.78 is 27.1. The number of benzene rings is 1. The van der Waals surface area contributed by atoms with Crippen molar-refractivity contribution in [2.75, 3.05) is 42.9 Å². The molecule has 2 aliphatic rings. The van der Waals surface area contributed by atoms with Crippen LogP contribution in [0.25, 0.3) is 0 Å². The van der Waals surface area contributed by atoms with Crippen molar-refractivity contribution >= 4 is 17.4 Å². The standard InChI is InChI=1S/C23H28F2N4O/c24-18-6-7-19(20(25)15-18)23(30)27-21-5-4-10-26-22(21)29-13-8-17(9-14-29)16-28-11-2-1-3-12-28/h4-7,10,15,17H,1-3,8-9,11-14,16H2,(H,27,30). The maximum atomic E-state index is 14.0. The first-order chi connectivity index (χ1) is 14.6. The van der Waals surface area contributed by atoms with Gasteiger partial charge in [0.25, 0.3) is 5.91 Å². The van der Waals surface area contributed by atoms with Gasteiger partial charge in [0.15, 0.2) is 5.82 Å². The van der Waals surface area contributed by atoms with E-state index in [0.717, 1.165) is 38.1 Å². The second kappa shape index (κ2) is 9.51. The summed E-state index contributed by atoms with van der Waals surface area (Å²) >= 11 is 0. The van der Waals surface area contributed by atoms with E-state index >= 15 is 0 Å². The first-order valence-corrected chi connectivity index (χ1v) is 10.8. The van der Waals surface area contributed by atoms with Crippen molar-refractivity contribution < 1.29 is 13.6 Å². The zero-order chi connectivity index (χ0) is 20.9. The highest BCUT2D eigenvalue weighted by Crippen LogP contribution is 2.29. The lowest BCUT2D eigenvalue weighted by molar-refractivity contribution is 0.102. The molecule has 1 N–H and O–H groups in total. The van der Waals surface area contributed by atoms with Gasteiger partial charge in [-0.15, -0.1) is 0 Å². The number of pyridine rings is 1. The van der Waals surface area contributed by atoms with Crippen LogP contribution in [0, 0.1) is 17.6 Å². The summed E-state index contributed by atoms with van der Waals surface area (Å²) in [6.45, 7) is 5.36. The van der Waals surface area contributed by atoms with Crippen molar-refractivity contribution in [2.24, 2.45) is 5.92 Å². The van der Waals surface area contributed by atoms with E-state index in [1.807, 2.05) is 0 Å². The number of rotatable bonds is 5. The van der Waals surface area contributed by atoms with Crippen molar-refractivity contribution in [3.63, 3.8) is 0 Å². The Labute approximate surface area is 176 Å². The van der Waals surface area contributed by atoms with Crippen LogP contribution < -0.4 is 10.2 Å². The summed E-state index contributed by atoms with van der Waals surface area (Å²) in [6, 6.07) is 6.45. The Morgan fingerprint density at radius 3 is 2.57 bits per heavy atom. The van der Waals surface area contributed by atoms with Gasteiger partial charge >= 0.3 is 0 Å². The molecule has 5 nitrogen and oxygen atoms in total. The Balaban J connectivity index is 1.39. The number of nitrogens with one attached hydrogen (secondary N) is 1. The fourth-order valence-electron chi connectivity index (χ4n) is 4.44. The number of carbonyl (C=O) groups is 1. The van der Waals surface area contributed by atoms with E-state index in [9.17, 15) is 13.6 Å².